The first-order valence-electron chi connectivity index (χ1n) is 7.22. The van der Waals surface area contributed by atoms with Crippen LogP contribution in [0.5, 0.6) is 5.75 Å². The Kier molecular flexibility index (Phi) is 5.42. The molecule has 2 atom stereocenters. The molecule has 0 unspecified atom stereocenters. The van der Waals surface area contributed by atoms with Gasteiger partial charge < -0.3 is 9.47 Å². The van der Waals surface area contributed by atoms with E-state index in [1.165, 1.54) is 14.0 Å². The lowest BCUT2D eigenvalue weighted by molar-refractivity contribution is -0.144. The molecule has 1 heterocycles. The number of methoxy groups -OCH3 is 1. The predicted octanol–water partition coefficient (Wildman–Crippen LogP) is 1.63. The van der Waals surface area contributed by atoms with Crippen molar-refractivity contribution in [1.82, 2.24) is 4.72 Å². The van der Waals surface area contributed by atoms with E-state index in [2.05, 4.69) is 9.46 Å². The number of carbonyl (C=O) groups is 1. The van der Waals surface area contributed by atoms with Gasteiger partial charge in [0, 0.05) is 5.56 Å². The largest absolute Gasteiger partial charge is 0.493 e. The number of carbonyl (C=O) groups excluding carboxylic acids is 1. The van der Waals surface area contributed by atoms with Crippen LogP contribution in [0.25, 0.3) is 0 Å². The van der Waals surface area contributed by atoms with Crippen molar-refractivity contribution in [2.45, 2.75) is 25.8 Å². The number of benzene rings is 1. The Labute approximate surface area is 130 Å². The molecule has 0 radical (unpaired) electrons. The van der Waals surface area contributed by atoms with Gasteiger partial charge in [0.15, 0.2) is 0 Å². The SMILES string of the molecule is COC(=O)[C@H](C)CS(=O)(=O)N[C@@H]1CCCOc2ccccc21. The third-order valence-electron chi connectivity index (χ3n) is 3.58. The number of esters is 1. The van der Waals surface area contributed by atoms with Crippen LogP contribution in [0, 0.1) is 5.92 Å². The molecule has 0 aromatic heterocycles. The van der Waals surface area contributed by atoms with E-state index in [0.29, 0.717) is 18.8 Å². The van der Waals surface area contributed by atoms with Gasteiger partial charge in [0.1, 0.15) is 5.75 Å². The summed E-state index contributed by atoms with van der Waals surface area (Å²) in [6.07, 6.45) is 1.41. The lowest BCUT2D eigenvalue weighted by atomic mass is 10.0. The van der Waals surface area contributed by atoms with E-state index < -0.39 is 21.9 Å². The van der Waals surface area contributed by atoms with Crippen LogP contribution in [0.15, 0.2) is 24.3 Å². The molecule has 1 aliphatic heterocycles. The van der Waals surface area contributed by atoms with Crippen LogP contribution in [-0.2, 0) is 19.6 Å². The standard InChI is InChI=1S/C15H21NO5S/c1-11(15(17)20-2)10-22(18,19)16-13-7-5-9-21-14-8-4-3-6-12(13)14/h3-4,6,8,11,13,16H,5,7,9-10H2,1-2H3/t11-,13-/m1/s1. The molecule has 0 fully saturated rings. The summed E-state index contributed by atoms with van der Waals surface area (Å²) in [6, 6.07) is 7.06. The fraction of sp³-hybridized carbons (Fsp3) is 0.533. The lowest BCUT2D eigenvalue weighted by Crippen LogP contribution is -2.34. The summed E-state index contributed by atoms with van der Waals surface area (Å²) in [5, 5.41) is 0. The summed E-state index contributed by atoms with van der Waals surface area (Å²) >= 11 is 0. The highest BCUT2D eigenvalue weighted by atomic mass is 32.2. The van der Waals surface area contributed by atoms with Gasteiger partial charge in [-0.2, -0.15) is 0 Å². The zero-order valence-electron chi connectivity index (χ0n) is 12.7. The predicted molar refractivity (Wildman–Crippen MR) is 82.0 cm³/mol. The molecule has 0 saturated carbocycles. The Morgan fingerprint density at radius 1 is 1.45 bits per heavy atom. The maximum Gasteiger partial charge on any atom is 0.309 e. The molecule has 122 valence electrons. The molecule has 22 heavy (non-hydrogen) atoms. The van der Waals surface area contributed by atoms with Crippen molar-refractivity contribution in [3.05, 3.63) is 29.8 Å². The van der Waals surface area contributed by atoms with E-state index >= 15 is 0 Å². The van der Waals surface area contributed by atoms with Gasteiger partial charge in [-0.3, -0.25) is 4.79 Å². The van der Waals surface area contributed by atoms with Crippen LogP contribution in [-0.4, -0.2) is 33.9 Å². The average molecular weight is 327 g/mol. The van der Waals surface area contributed by atoms with Gasteiger partial charge in [-0.1, -0.05) is 25.1 Å². The molecule has 1 N–H and O–H groups in total. The first-order valence-corrected chi connectivity index (χ1v) is 8.87. The highest BCUT2D eigenvalue weighted by Crippen LogP contribution is 2.31. The molecule has 0 amide bonds. The van der Waals surface area contributed by atoms with Gasteiger partial charge in [-0.05, 0) is 18.9 Å². The Morgan fingerprint density at radius 3 is 2.91 bits per heavy atom. The number of ether oxygens (including phenoxy) is 2. The summed E-state index contributed by atoms with van der Waals surface area (Å²) in [5.74, 6) is -0.831. The van der Waals surface area contributed by atoms with Crippen molar-refractivity contribution in [3.8, 4) is 5.75 Å². The van der Waals surface area contributed by atoms with Crippen LogP contribution in [0.3, 0.4) is 0 Å². The lowest BCUT2D eigenvalue weighted by Gasteiger charge is -2.19. The summed E-state index contributed by atoms with van der Waals surface area (Å²) in [4.78, 5) is 11.4. The second-order valence-electron chi connectivity index (χ2n) is 5.40. The van der Waals surface area contributed by atoms with E-state index in [4.69, 9.17) is 4.74 Å². The second kappa shape index (κ2) is 7.11. The first-order chi connectivity index (χ1) is 10.4. The van der Waals surface area contributed by atoms with Crippen molar-refractivity contribution >= 4 is 16.0 Å². The number of para-hydroxylation sites is 1. The number of rotatable bonds is 5. The van der Waals surface area contributed by atoms with Crippen LogP contribution in [0.1, 0.15) is 31.4 Å². The van der Waals surface area contributed by atoms with Crippen LogP contribution in [0.2, 0.25) is 0 Å². The van der Waals surface area contributed by atoms with E-state index in [-0.39, 0.29) is 11.8 Å². The van der Waals surface area contributed by atoms with Crippen LogP contribution >= 0.6 is 0 Å². The fourth-order valence-electron chi connectivity index (χ4n) is 2.51. The molecule has 1 aromatic carbocycles. The highest BCUT2D eigenvalue weighted by molar-refractivity contribution is 7.89. The maximum absolute atomic E-state index is 12.3. The van der Waals surface area contributed by atoms with E-state index in [1.54, 1.807) is 0 Å². The maximum atomic E-state index is 12.3. The van der Waals surface area contributed by atoms with Gasteiger partial charge in [0.05, 0.1) is 31.4 Å². The minimum absolute atomic E-state index is 0.292. The second-order valence-corrected chi connectivity index (χ2v) is 7.20. The molecule has 1 aromatic rings. The number of fused-ring (bicyclic) bond motifs is 1. The Hall–Kier alpha value is -1.60. The smallest absolute Gasteiger partial charge is 0.309 e. The van der Waals surface area contributed by atoms with E-state index in [9.17, 15) is 13.2 Å². The van der Waals surface area contributed by atoms with E-state index in [1.807, 2.05) is 24.3 Å². The van der Waals surface area contributed by atoms with Crippen LogP contribution in [0.4, 0.5) is 0 Å². The average Bonchev–Trinajstić information content (AvgIpc) is 2.68. The van der Waals surface area contributed by atoms with Crippen molar-refractivity contribution in [1.29, 1.82) is 0 Å². The minimum atomic E-state index is -3.60. The monoisotopic (exact) mass is 327 g/mol. The molecule has 7 heteroatoms. The number of sulfonamides is 1. The summed E-state index contributed by atoms with van der Waals surface area (Å²) in [5.41, 5.74) is 0.828. The molecule has 6 nitrogen and oxygen atoms in total. The van der Waals surface area contributed by atoms with E-state index in [0.717, 1.165) is 12.0 Å². The minimum Gasteiger partial charge on any atom is -0.493 e. The molecular weight excluding hydrogens is 306 g/mol. The third kappa shape index (κ3) is 4.20. The number of hydrogen-bond acceptors (Lipinski definition) is 5. The Morgan fingerprint density at radius 2 is 2.18 bits per heavy atom. The van der Waals surface area contributed by atoms with Gasteiger partial charge in [0.25, 0.3) is 0 Å². The van der Waals surface area contributed by atoms with Gasteiger partial charge >= 0.3 is 5.97 Å². The Balaban J connectivity index is 2.14. The molecule has 0 bridgehead atoms. The van der Waals surface area contributed by atoms with Crippen molar-refractivity contribution in [3.63, 3.8) is 0 Å². The molecular formula is C15H21NO5S. The van der Waals surface area contributed by atoms with Gasteiger partial charge in [0.2, 0.25) is 10.0 Å². The fourth-order valence-corrected chi connectivity index (χ4v) is 4.08. The Bertz CT molecular complexity index is 629. The van der Waals surface area contributed by atoms with Crippen LogP contribution < -0.4 is 9.46 Å². The first kappa shape index (κ1) is 16.8. The third-order valence-corrected chi connectivity index (χ3v) is 5.17. The molecule has 2 rings (SSSR count). The number of hydrogen-bond donors (Lipinski definition) is 1. The van der Waals surface area contributed by atoms with Crippen molar-refractivity contribution < 1.29 is 22.7 Å². The molecule has 0 spiro atoms. The molecule has 0 saturated heterocycles. The molecule has 0 aliphatic carbocycles. The van der Waals surface area contributed by atoms with Gasteiger partial charge in [-0.25, -0.2) is 13.1 Å². The zero-order chi connectivity index (χ0) is 16.2. The zero-order valence-corrected chi connectivity index (χ0v) is 13.6. The summed E-state index contributed by atoms with van der Waals surface area (Å²) in [7, 11) is -2.35. The topological polar surface area (TPSA) is 81.7 Å². The highest BCUT2D eigenvalue weighted by Gasteiger charge is 2.27. The number of nitrogens with one attached hydrogen (secondary N) is 1. The summed E-state index contributed by atoms with van der Waals surface area (Å²) < 4.78 is 37.5. The molecule has 1 aliphatic rings. The normalized spacial score (nSPS) is 19.5. The quantitative estimate of drug-likeness (QED) is 0.831. The van der Waals surface area contributed by atoms with Crippen molar-refractivity contribution in [2.24, 2.45) is 5.92 Å². The summed E-state index contributed by atoms with van der Waals surface area (Å²) in [6.45, 7) is 2.10. The van der Waals surface area contributed by atoms with Crippen molar-refractivity contribution in [2.75, 3.05) is 19.5 Å². The van der Waals surface area contributed by atoms with Gasteiger partial charge in [-0.15, -0.1) is 0 Å².